The minimum atomic E-state index is -0.424. The topological polar surface area (TPSA) is 44.1 Å². The molecule has 0 saturated heterocycles. The van der Waals surface area contributed by atoms with Gasteiger partial charge in [0.2, 0.25) is 5.91 Å². The molecule has 0 bridgehead atoms. The van der Waals surface area contributed by atoms with Crippen molar-refractivity contribution in [3.8, 4) is 6.07 Å². The largest absolute Gasteiger partial charge is 0.321 e. The van der Waals surface area contributed by atoms with E-state index in [1.165, 1.54) is 0 Å². The van der Waals surface area contributed by atoms with E-state index in [1.807, 2.05) is 4.90 Å². The van der Waals surface area contributed by atoms with E-state index in [0.717, 1.165) is 32.1 Å². The average Bonchev–Trinajstić information content (AvgIpc) is 2.78. The quantitative estimate of drug-likeness (QED) is 0.642. The van der Waals surface area contributed by atoms with Gasteiger partial charge in [0.1, 0.15) is 5.54 Å². The first kappa shape index (κ1) is 8.55. The summed E-state index contributed by atoms with van der Waals surface area (Å²) < 4.78 is 0. The van der Waals surface area contributed by atoms with Gasteiger partial charge in [0.15, 0.2) is 0 Å². The normalized spacial score (nSPS) is 24.3. The third-order valence-corrected chi connectivity index (χ3v) is 3.10. The minimum absolute atomic E-state index is 0.0729. The molecule has 70 valence electrons. The lowest BCUT2D eigenvalue weighted by Gasteiger charge is -2.44. The second-order valence-electron chi connectivity index (χ2n) is 4.12. The molecule has 2 saturated carbocycles. The van der Waals surface area contributed by atoms with Crippen LogP contribution in [-0.4, -0.2) is 22.4 Å². The molecular weight excluding hydrogens is 164 g/mol. The maximum atomic E-state index is 11.4. The summed E-state index contributed by atoms with van der Waals surface area (Å²) in [5, 5.41) is 9.09. The van der Waals surface area contributed by atoms with Crippen molar-refractivity contribution < 1.29 is 4.79 Å². The second kappa shape index (κ2) is 2.73. The van der Waals surface area contributed by atoms with Gasteiger partial charge in [-0.2, -0.15) is 5.26 Å². The fourth-order valence-corrected chi connectivity index (χ4v) is 2.16. The van der Waals surface area contributed by atoms with Crippen LogP contribution in [0.2, 0.25) is 0 Å². The molecule has 0 aromatic carbocycles. The fourth-order valence-electron chi connectivity index (χ4n) is 2.16. The van der Waals surface area contributed by atoms with Crippen LogP contribution in [0.1, 0.15) is 39.0 Å². The molecule has 0 aromatic heterocycles. The first-order valence-electron chi connectivity index (χ1n) is 4.91. The monoisotopic (exact) mass is 178 g/mol. The summed E-state index contributed by atoms with van der Waals surface area (Å²) in [5.74, 6) is 0.0729. The van der Waals surface area contributed by atoms with Crippen LogP contribution in [0.4, 0.5) is 0 Å². The van der Waals surface area contributed by atoms with Gasteiger partial charge in [-0.1, -0.05) is 0 Å². The molecule has 2 aliphatic rings. The van der Waals surface area contributed by atoms with Crippen molar-refractivity contribution in [2.75, 3.05) is 0 Å². The van der Waals surface area contributed by atoms with E-state index < -0.39 is 5.54 Å². The van der Waals surface area contributed by atoms with E-state index >= 15 is 0 Å². The predicted molar refractivity (Wildman–Crippen MR) is 47.7 cm³/mol. The number of nitrogens with zero attached hydrogens (tertiary/aromatic N) is 2. The molecular formula is C10H14N2O. The molecule has 0 aromatic rings. The Labute approximate surface area is 78.3 Å². The van der Waals surface area contributed by atoms with Crippen molar-refractivity contribution in [1.29, 1.82) is 5.26 Å². The number of hydrogen-bond donors (Lipinski definition) is 0. The SMILES string of the molecule is CC(=O)N(C1CC1)C1(C#N)CCC1. The minimum Gasteiger partial charge on any atom is -0.321 e. The summed E-state index contributed by atoms with van der Waals surface area (Å²) in [6.45, 7) is 1.58. The molecule has 1 amide bonds. The van der Waals surface area contributed by atoms with E-state index in [0.29, 0.717) is 6.04 Å². The van der Waals surface area contributed by atoms with Gasteiger partial charge < -0.3 is 4.90 Å². The maximum Gasteiger partial charge on any atom is 0.220 e. The third kappa shape index (κ3) is 1.21. The molecule has 0 spiro atoms. The van der Waals surface area contributed by atoms with E-state index in [-0.39, 0.29) is 5.91 Å². The van der Waals surface area contributed by atoms with Crippen LogP contribution in [0.25, 0.3) is 0 Å². The summed E-state index contributed by atoms with van der Waals surface area (Å²) in [7, 11) is 0. The Hall–Kier alpha value is -1.04. The zero-order valence-corrected chi connectivity index (χ0v) is 7.92. The third-order valence-electron chi connectivity index (χ3n) is 3.10. The van der Waals surface area contributed by atoms with Crippen LogP contribution in [0.3, 0.4) is 0 Å². The Kier molecular flexibility index (Phi) is 1.80. The van der Waals surface area contributed by atoms with Crippen LogP contribution < -0.4 is 0 Å². The number of hydrogen-bond acceptors (Lipinski definition) is 2. The predicted octanol–water partition coefficient (Wildman–Crippen LogP) is 1.44. The van der Waals surface area contributed by atoms with Crippen LogP contribution in [0.5, 0.6) is 0 Å². The Morgan fingerprint density at radius 1 is 1.54 bits per heavy atom. The van der Waals surface area contributed by atoms with Crippen molar-refractivity contribution in [1.82, 2.24) is 4.90 Å². The Morgan fingerprint density at radius 3 is 2.38 bits per heavy atom. The molecule has 0 atom stereocenters. The van der Waals surface area contributed by atoms with Crippen molar-refractivity contribution in [3.05, 3.63) is 0 Å². The molecule has 0 heterocycles. The Balaban J connectivity index is 2.18. The average molecular weight is 178 g/mol. The highest BCUT2D eigenvalue weighted by Gasteiger charge is 2.49. The summed E-state index contributed by atoms with van der Waals surface area (Å²) in [4.78, 5) is 13.2. The number of amides is 1. The highest BCUT2D eigenvalue weighted by atomic mass is 16.2. The van der Waals surface area contributed by atoms with Crippen LogP contribution in [0, 0.1) is 11.3 Å². The summed E-state index contributed by atoms with van der Waals surface area (Å²) in [6, 6.07) is 2.70. The first-order valence-corrected chi connectivity index (χ1v) is 4.91. The van der Waals surface area contributed by atoms with Crippen LogP contribution >= 0.6 is 0 Å². The first-order chi connectivity index (χ1) is 6.19. The lowest BCUT2D eigenvalue weighted by Crippen LogP contribution is -2.55. The fraction of sp³-hybridized carbons (Fsp3) is 0.800. The van der Waals surface area contributed by atoms with Gasteiger partial charge in [-0.3, -0.25) is 4.79 Å². The lowest BCUT2D eigenvalue weighted by molar-refractivity contribution is -0.136. The van der Waals surface area contributed by atoms with Crippen molar-refractivity contribution in [2.45, 2.75) is 50.6 Å². The van der Waals surface area contributed by atoms with Crippen LogP contribution in [-0.2, 0) is 4.79 Å². The number of nitriles is 1. The molecule has 3 heteroatoms. The highest BCUT2D eigenvalue weighted by molar-refractivity contribution is 5.75. The van der Waals surface area contributed by atoms with E-state index in [1.54, 1.807) is 6.92 Å². The van der Waals surface area contributed by atoms with Crippen molar-refractivity contribution in [2.24, 2.45) is 0 Å². The molecule has 0 N–H and O–H groups in total. The smallest absolute Gasteiger partial charge is 0.220 e. The Bertz CT molecular complexity index is 271. The van der Waals surface area contributed by atoms with E-state index in [9.17, 15) is 4.79 Å². The van der Waals surface area contributed by atoms with Gasteiger partial charge in [0, 0.05) is 13.0 Å². The van der Waals surface area contributed by atoms with Gasteiger partial charge >= 0.3 is 0 Å². The van der Waals surface area contributed by atoms with E-state index in [4.69, 9.17) is 5.26 Å². The summed E-state index contributed by atoms with van der Waals surface area (Å²) >= 11 is 0. The summed E-state index contributed by atoms with van der Waals surface area (Å²) in [5.41, 5.74) is -0.424. The molecule has 2 fully saturated rings. The van der Waals surface area contributed by atoms with Gasteiger partial charge in [-0.15, -0.1) is 0 Å². The zero-order chi connectivity index (χ0) is 9.47. The number of rotatable bonds is 2. The van der Waals surface area contributed by atoms with Gasteiger partial charge in [-0.05, 0) is 32.1 Å². The molecule has 0 aliphatic heterocycles. The van der Waals surface area contributed by atoms with E-state index in [2.05, 4.69) is 6.07 Å². The summed E-state index contributed by atoms with van der Waals surface area (Å²) in [6.07, 6.45) is 5.01. The maximum absolute atomic E-state index is 11.4. The molecule has 13 heavy (non-hydrogen) atoms. The molecule has 0 unspecified atom stereocenters. The van der Waals surface area contributed by atoms with Gasteiger partial charge in [-0.25, -0.2) is 0 Å². The Morgan fingerprint density at radius 2 is 2.15 bits per heavy atom. The lowest BCUT2D eigenvalue weighted by atomic mass is 9.76. The molecule has 2 rings (SSSR count). The molecule has 2 aliphatic carbocycles. The second-order valence-corrected chi connectivity index (χ2v) is 4.12. The van der Waals surface area contributed by atoms with Crippen LogP contribution in [0.15, 0.2) is 0 Å². The number of carbonyl (C=O) groups excluding carboxylic acids is 1. The number of carbonyl (C=O) groups is 1. The molecule has 0 radical (unpaired) electrons. The van der Waals surface area contributed by atoms with Crippen molar-refractivity contribution >= 4 is 5.91 Å². The van der Waals surface area contributed by atoms with Gasteiger partial charge in [0.05, 0.1) is 6.07 Å². The standard InChI is InChI=1S/C10H14N2O/c1-8(13)12(9-3-4-9)10(7-11)5-2-6-10/h9H,2-6H2,1H3. The molecule has 3 nitrogen and oxygen atoms in total. The van der Waals surface area contributed by atoms with Crippen molar-refractivity contribution in [3.63, 3.8) is 0 Å². The van der Waals surface area contributed by atoms with Gasteiger partial charge in [0.25, 0.3) is 0 Å². The zero-order valence-electron chi connectivity index (χ0n) is 7.92. The highest BCUT2D eigenvalue weighted by Crippen LogP contribution is 2.43.